The van der Waals surface area contributed by atoms with Crippen LogP contribution in [0.3, 0.4) is 0 Å². The van der Waals surface area contributed by atoms with Crippen molar-refractivity contribution in [2.45, 2.75) is 25.9 Å². The molecule has 0 spiro atoms. The summed E-state index contributed by atoms with van der Waals surface area (Å²) in [5.41, 5.74) is 3.57. The summed E-state index contributed by atoms with van der Waals surface area (Å²) in [7, 11) is 0. The number of hydrogen-bond donors (Lipinski definition) is 1. The third kappa shape index (κ3) is 4.57. The second kappa shape index (κ2) is 8.29. The van der Waals surface area contributed by atoms with Crippen LogP contribution in [-0.4, -0.2) is 5.84 Å². The number of nitrogens with zero attached hydrogens (tertiary/aromatic N) is 1. The van der Waals surface area contributed by atoms with Crippen molar-refractivity contribution in [3.8, 4) is 0 Å². The number of rotatable bonds is 5. The normalized spacial score (nSPS) is 13.9. The molecular formula is C23H24N2. The maximum absolute atomic E-state index is 4.99. The molecule has 0 unspecified atom stereocenters. The van der Waals surface area contributed by atoms with Gasteiger partial charge in [-0.3, -0.25) is 4.99 Å². The molecule has 0 aromatic heterocycles. The lowest BCUT2D eigenvalue weighted by Gasteiger charge is -2.19. The summed E-state index contributed by atoms with van der Waals surface area (Å²) >= 11 is 0. The quantitative estimate of drug-likeness (QED) is 0.482. The van der Waals surface area contributed by atoms with Gasteiger partial charge in [-0.2, -0.15) is 0 Å². The van der Waals surface area contributed by atoms with Crippen molar-refractivity contribution in [1.82, 2.24) is 5.32 Å². The van der Waals surface area contributed by atoms with E-state index in [1.54, 1.807) is 0 Å². The summed E-state index contributed by atoms with van der Waals surface area (Å²) in [6.45, 7) is 4.30. The van der Waals surface area contributed by atoms with E-state index in [1.165, 1.54) is 11.1 Å². The molecule has 0 saturated carbocycles. The van der Waals surface area contributed by atoms with Gasteiger partial charge in [-0.05, 0) is 25.0 Å². The van der Waals surface area contributed by atoms with Crippen LogP contribution in [-0.2, 0) is 0 Å². The number of hydrogen-bond acceptors (Lipinski definition) is 1. The van der Waals surface area contributed by atoms with Crippen LogP contribution in [0, 0.1) is 0 Å². The van der Waals surface area contributed by atoms with E-state index >= 15 is 0 Å². The van der Waals surface area contributed by atoms with Gasteiger partial charge in [-0.15, -0.1) is 0 Å². The summed E-state index contributed by atoms with van der Waals surface area (Å²) in [4.78, 5) is 4.99. The Labute approximate surface area is 150 Å². The highest BCUT2D eigenvalue weighted by Gasteiger charge is 2.12. The molecule has 3 rings (SSSR count). The minimum absolute atomic E-state index is 0.0897. The second-order valence-electron chi connectivity index (χ2n) is 6.21. The molecular weight excluding hydrogens is 304 g/mol. The van der Waals surface area contributed by atoms with Gasteiger partial charge in [0.2, 0.25) is 0 Å². The van der Waals surface area contributed by atoms with E-state index in [9.17, 15) is 0 Å². The molecule has 3 aromatic rings. The second-order valence-corrected chi connectivity index (χ2v) is 6.21. The van der Waals surface area contributed by atoms with E-state index in [4.69, 9.17) is 4.99 Å². The van der Waals surface area contributed by atoms with Gasteiger partial charge in [-0.1, -0.05) is 91.0 Å². The smallest absolute Gasteiger partial charge is 0.129 e. The third-order valence-corrected chi connectivity index (χ3v) is 4.30. The topological polar surface area (TPSA) is 24.4 Å². The van der Waals surface area contributed by atoms with E-state index in [0.29, 0.717) is 0 Å². The fraction of sp³-hybridized carbons (Fsp3) is 0.174. The first kappa shape index (κ1) is 17.0. The maximum Gasteiger partial charge on any atom is 0.129 e. The van der Waals surface area contributed by atoms with Crippen LogP contribution in [0.4, 0.5) is 0 Å². The highest BCUT2D eigenvalue weighted by atomic mass is 15.0. The highest BCUT2D eigenvalue weighted by Crippen LogP contribution is 2.19. The fourth-order valence-electron chi connectivity index (χ4n) is 2.82. The summed E-state index contributed by atoms with van der Waals surface area (Å²) in [6.07, 6.45) is 0. The lowest BCUT2D eigenvalue weighted by atomic mass is 10.1. The fourth-order valence-corrected chi connectivity index (χ4v) is 2.82. The van der Waals surface area contributed by atoms with Crippen LogP contribution in [0.25, 0.3) is 0 Å². The van der Waals surface area contributed by atoms with Crippen molar-refractivity contribution in [1.29, 1.82) is 0 Å². The van der Waals surface area contributed by atoms with Crippen molar-refractivity contribution >= 4 is 5.84 Å². The lowest BCUT2D eigenvalue weighted by Crippen LogP contribution is -2.28. The van der Waals surface area contributed by atoms with Crippen LogP contribution in [0.1, 0.15) is 42.6 Å². The molecule has 3 aromatic carbocycles. The minimum atomic E-state index is 0.0897. The molecule has 0 amide bonds. The summed E-state index contributed by atoms with van der Waals surface area (Å²) in [5.74, 6) is 0.924. The first-order chi connectivity index (χ1) is 12.2. The van der Waals surface area contributed by atoms with Gasteiger partial charge in [0, 0.05) is 11.6 Å². The van der Waals surface area contributed by atoms with E-state index in [0.717, 1.165) is 11.4 Å². The number of benzene rings is 3. The Morgan fingerprint density at radius 1 is 0.680 bits per heavy atom. The predicted octanol–water partition coefficient (Wildman–Crippen LogP) is 5.55. The largest absolute Gasteiger partial charge is 0.363 e. The molecule has 0 saturated heterocycles. The van der Waals surface area contributed by atoms with Gasteiger partial charge in [0.05, 0.1) is 6.04 Å². The van der Waals surface area contributed by atoms with E-state index < -0.39 is 0 Å². The Morgan fingerprint density at radius 2 is 1.16 bits per heavy atom. The van der Waals surface area contributed by atoms with Gasteiger partial charge in [-0.25, -0.2) is 0 Å². The molecule has 1 N–H and O–H groups in total. The molecule has 2 heteroatoms. The molecule has 0 aliphatic carbocycles. The molecule has 0 aliphatic heterocycles. The van der Waals surface area contributed by atoms with Gasteiger partial charge in [0.1, 0.15) is 5.84 Å². The average molecular weight is 328 g/mol. The predicted molar refractivity (Wildman–Crippen MR) is 106 cm³/mol. The Kier molecular flexibility index (Phi) is 5.63. The number of amidine groups is 1. The zero-order chi connectivity index (χ0) is 17.5. The minimum Gasteiger partial charge on any atom is -0.363 e. The molecule has 2 nitrogen and oxygen atoms in total. The van der Waals surface area contributed by atoms with Crippen LogP contribution < -0.4 is 5.32 Å². The first-order valence-electron chi connectivity index (χ1n) is 8.73. The molecule has 0 radical (unpaired) electrons. The van der Waals surface area contributed by atoms with Crippen LogP contribution in [0.5, 0.6) is 0 Å². The maximum atomic E-state index is 4.99. The summed E-state index contributed by atoms with van der Waals surface area (Å²) in [5, 5.41) is 3.60. The van der Waals surface area contributed by atoms with Gasteiger partial charge < -0.3 is 5.32 Å². The van der Waals surface area contributed by atoms with Gasteiger partial charge >= 0.3 is 0 Å². The average Bonchev–Trinajstić information content (AvgIpc) is 2.69. The van der Waals surface area contributed by atoms with Crippen molar-refractivity contribution < 1.29 is 0 Å². The number of nitrogens with one attached hydrogen (secondary N) is 1. The van der Waals surface area contributed by atoms with Gasteiger partial charge in [0.15, 0.2) is 0 Å². The Morgan fingerprint density at radius 3 is 1.72 bits per heavy atom. The van der Waals surface area contributed by atoms with Crippen molar-refractivity contribution in [3.05, 3.63) is 108 Å². The SMILES string of the molecule is C[C@H](N=C(N[C@@H](C)c1ccccc1)c1ccccc1)c1ccccc1. The van der Waals surface area contributed by atoms with E-state index in [2.05, 4.69) is 79.8 Å². The zero-order valence-electron chi connectivity index (χ0n) is 14.8. The van der Waals surface area contributed by atoms with Crippen LogP contribution >= 0.6 is 0 Å². The van der Waals surface area contributed by atoms with Crippen molar-refractivity contribution in [2.75, 3.05) is 0 Å². The van der Waals surface area contributed by atoms with Crippen molar-refractivity contribution in [2.24, 2.45) is 4.99 Å². The van der Waals surface area contributed by atoms with Crippen molar-refractivity contribution in [3.63, 3.8) is 0 Å². The first-order valence-corrected chi connectivity index (χ1v) is 8.73. The molecule has 0 fully saturated rings. The summed E-state index contributed by atoms with van der Waals surface area (Å²) in [6, 6.07) is 31.5. The zero-order valence-corrected chi connectivity index (χ0v) is 14.8. The Balaban J connectivity index is 1.89. The Hall–Kier alpha value is -2.87. The third-order valence-electron chi connectivity index (χ3n) is 4.30. The lowest BCUT2D eigenvalue weighted by molar-refractivity contribution is 0.703. The Bertz CT molecular complexity index is 795. The van der Waals surface area contributed by atoms with Crippen LogP contribution in [0.15, 0.2) is 96.0 Å². The number of aliphatic imine (C=N–C) groups is 1. The van der Waals surface area contributed by atoms with E-state index in [1.807, 2.05) is 30.3 Å². The molecule has 25 heavy (non-hydrogen) atoms. The standard InChI is InChI=1S/C23H24N2/c1-18(20-12-6-3-7-13-20)24-23(22-16-10-5-11-17-22)25-19(2)21-14-8-4-9-15-21/h3-19H,1-2H3,(H,24,25)/t18-,19-/m0/s1. The highest BCUT2D eigenvalue weighted by molar-refractivity contribution is 5.99. The summed E-state index contributed by atoms with van der Waals surface area (Å²) < 4.78 is 0. The van der Waals surface area contributed by atoms with Gasteiger partial charge in [0.25, 0.3) is 0 Å². The molecule has 2 atom stereocenters. The van der Waals surface area contributed by atoms with Crippen LogP contribution in [0.2, 0.25) is 0 Å². The molecule has 126 valence electrons. The molecule has 0 bridgehead atoms. The van der Waals surface area contributed by atoms with E-state index in [-0.39, 0.29) is 12.1 Å². The molecule has 0 heterocycles. The monoisotopic (exact) mass is 328 g/mol. The molecule has 0 aliphatic rings.